The molecule has 0 amide bonds. The molecule has 0 aliphatic heterocycles. The van der Waals surface area contributed by atoms with E-state index in [0.29, 0.717) is 10.9 Å². The molecular formula is C12H10O2S. The fourth-order valence-electron chi connectivity index (χ4n) is 1.46. The molecule has 0 saturated carbocycles. The molecule has 1 N–H and O–H groups in total. The molecule has 0 atom stereocenters. The van der Waals surface area contributed by atoms with Gasteiger partial charge in [-0.3, -0.25) is 4.79 Å². The zero-order valence-electron chi connectivity index (χ0n) is 8.23. The van der Waals surface area contributed by atoms with Crippen LogP contribution in [0.4, 0.5) is 0 Å². The van der Waals surface area contributed by atoms with E-state index >= 15 is 0 Å². The molecule has 2 nitrogen and oxygen atoms in total. The SMILES string of the molecule is CC=Cc1c(O)sc2ccccc2c1=O. The normalized spacial score (nSPS) is 11.3. The van der Waals surface area contributed by atoms with Crippen molar-refractivity contribution in [2.75, 3.05) is 0 Å². The lowest BCUT2D eigenvalue weighted by Gasteiger charge is -2.00. The standard InChI is InChI=1S/C12H10O2S/c1-2-5-9-11(13)8-6-3-4-7-10(8)15-12(9)14/h2-7,14H,1H3. The zero-order valence-corrected chi connectivity index (χ0v) is 9.04. The van der Waals surface area contributed by atoms with Crippen molar-refractivity contribution in [2.24, 2.45) is 0 Å². The predicted molar refractivity (Wildman–Crippen MR) is 64.5 cm³/mol. The van der Waals surface area contributed by atoms with Crippen LogP contribution in [0.1, 0.15) is 12.5 Å². The van der Waals surface area contributed by atoms with Crippen molar-refractivity contribution in [3.05, 3.63) is 46.1 Å². The fourth-order valence-corrected chi connectivity index (χ4v) is 2.35. The Balaban J connectivity index is 2.90. The topological polar surface area (TPSA) is 37.3 Å². The average molecular weight is 218 g/mol. The Kier molecular flexibility index (Phi) is 2.56. The molecule has 0 fully saturated rings. The Hall–Kier alpha value is -1.61. The van der Waals surface area contributed by atoms with E-state index in [-0.39, 0.29) is 10.5 Å². The summed E-state index contributed by atoms with van der Waals surface area (Å²) in [5, 5.41) is 10.4. The third-order valence-corrected chi connectivity index (χ3v) is 3.14. The Labute approximate surface area is 91.1 Å². The second-order valence-electron chi connectivity index (χ2n) is 3.15. The summed E-state index contributed by atoms with van der Waals surface area (Å²) < 4.78 is 0.813. The van der Waals surface area contributed by atoms with Crippen LogP contribution < -0.4 is 5.43 Å². The largest absolute Gasteiger partial charge is 0.499 e. The number of hydrogen-bond donors (Lipinski definition) is 1. The second kappa shape index (κ2) is 3.87. The van der Waals surface area contributed by atoms with Gasteiger partial charge in [0, 0.05) is 10.1 Å². The van der Waals surface area contributed by atoms with Gasteiger partial charge in [-0.05, 0) is 19.1 Å². The number of hydrogen-bond acceptors (Lipinski definition) is 3. The van der Waals surface area contributed by atoms with Crippen LogP contribution >= 0.6 is 11.3 Å². The van der Waals surface area contributed by atoms with Crippen LogP contribution in [-0.4, -0.2) is 5.11 Å². The van der Waals surface area contributed by atoms with Crippen molar-refractivity contribution in [3.8, 4) is 5.06 Å². The number of fused-ring (bicyclic) bond motifs is 1. The third kappa shape index (κ3) is 1.66. The first kappa shape index (κ1) is 9.93. The number of rotatable bonds is 1. The quantitative estimate of drug-likeness (QED) is 0.799. The molecule has 3 heteroatoms. The summed E-state index contributed by atoms with van der Waals surface area (Å²) in [4.78, 5) is 11.9. The lowest BCUT2D eigenvalue weighted by molar-refractivity contribution is 0.488. The fraction of sp³-hybridized carbons (Fsp3) is 0.0833. The van der Waals surface area contributed by atoms with Gasteiger partial charge in [-0.15, -0.1) is 0 Å². The maximum Gasteiger partial charge on any atom is 0.199 e. The van der Waals surface area contributed by atoms with Gasteiger partial charge in [-0.1, -0.05) is 35.6 Å². The lowest BCUT2D eigenvalue weighted by atomic mass is 10.2. The molecule has 2 rings (SSSR count). The van der Waals surface area contributed by atoms with Gasteiger partial charge in [0.2, 0.25) is 0 Å². The zero-order chi connectivity index (χ0) is 10.8. The minimum atomic E-state index is -0.111. The van der Waals surface area contributed by atoms with E-state index in [2.05, 4.69) is 0 Å². The van der Waals surface area contributed by atoms with Crippen LogP contribution in [0.5, 0.6) is 5.06 Å². The van der Waals surface area contributed by atoms with E-state index < -0.39 is 0 Å². The highest BCUT2D eigenvalue weighted by molar-refractivity contribution is 7.20. The molecule has 0 aliphatic rings. The summed E-state index contributed by atoms with van der Waals surface area (Å²) in [5.74, 6) is 0. The molecule has 0 unspecified atom stereocenters. The minimum absolute atomic E-state index is 0.0804. The van der Waals surface area contributed by atoms with E-state index in [0.717, 1.165) is 4.70 Å². The van der Waals surface area contributed by atoms with E-state index in [1.54, 1.807) is 18.2 Å². The highest BCUT2D eigenvalue weighted by Crippen LogP contribution is 2.27. The van der Waals surface area contributed by atoms with E-state index in [1.165, 1.54) is 11.3 Å². The lowest BCUT2D eigenvalue weighted by Crippen LogP contribution is -2.03. The van der Waals surface area contributed by atoms with Gasteiger partial charge in [0.15, 0.2) is 10.5 Å². The van der Waals surface area contributed by atoms with Gasteiger partial charge in [0.1, 0.15) is 0 Å². The van der Waals surface area contributed by atoms with Gasteiger partial charge in [-0.25, -0.2) is 0 Å². The van der Waals surface area contributed by atoms with Gasteiger partial charge in [-0.2, -0.15) is 0 Å². The highest BCUT2D eigenvalue weighted by Gasteiger charge is 2.08. The number of aromatic hydroxyl groups is 1. The minimum Gasteiger partial charge on any atom is -0.499 e. The average Bonchev–Trinajstić information content (AvgIpc) is 2.24. The van der Waals surface area contributed by atoms with E-state index in [1.807, 2.05) is 25.1 Å². The molecule has 0 aliphatic carbocycles. The predicted octanol–water partition coefficient (Wildman–Crippen LogP) is 3.00. The van der Waals surface area contributed by atoms with Crippen molar-refractivity contribution < 1.29 is 5.11 Å². The monoisotopic (exact) mass is 218 g/mol. The molecule has 1 aromatic heterocycles. The van der Waals surface area contributed by atoms with Crippen molar-refractivity contribution in [3.63, 3.8) is 0 Å². The molecule has 2 aromatic rings. The first-order chi connectivity index (χ1) is 7.24. The molecule has 0 bridgehead atoms. The number of allylic oxidation sites excluding steroid dienone is 1. The van der Waals surface area contributed by atoms with Crippen molar-refractivity contribution >= 4 is 27.5 Å². The molecule has 0 saturated heterocycles. The van der Waals surface area contributed by atoms with E-state index in [4.69, 9.17) is 0 Å². The van der Waals surface area contributed by atoms with Gasteiger partial charge >= 0.3 is 0 Å². The molecule has 15 heavy (non-hydrogen) atoms. The van der Waals surface area contributed by atoms with Crippen LogP contribution in [0.2, 0.25) is 0 Å². The van der Waals surface area contributed by atoms with Gasteiger partial charge in [0.05, 0.1) is 5.56 Å². The van der Waals surface area contributed by atoms with Crippen molar-refractivity contribution in [2.45, 2.75) is 6.92 Å². The van der Waals surface area contributed by atoms with Gasteiger partial charge < -0.3 is 5.11 Å². The Bertz CT molecular complexity index is 582. The smallest absolute Gasteiger partial charge is 0.199 e. The van der Waals surface area contributed by atoms with Crippen LogP contribution in [0.15, 0.2) is 35.1 Å². The highest BCUT2D eigenvalue weighted by atomic mass is 32.1. The molecular weight excluding hydrogens is 208 g/mol. The van der Waals surface area contributed by atoms with Crippen LogP contribution in [0.25, 0.3) is 16.2 Å². The Morgan fingerprint density at radius 1 is 1.33 bits per heavy atom. The maximum absolute atomic E-state index is 11.9. The summed E-state index contributed by atoms with van der Waals surface area (Å²) in [6, 6.07) is 7.29. The molecule has 76 valence electrons. The Morgan fingerprint density at radius 3 is 2.80 bits per heavy atom. The van der Waals surface area contributed by atoms with Crippen LogP contribution in [-0.2, 0) is 0 Å². The molecule has 0 radical (unpaired) electrons. The van der Waals surface area contributed by atoms with Gasteiger partial charge in [0.25, 0.3) is 0 Å². The maximum atomic E-state index is 11.9. The third-order valence-electron chi connectivity index (χ3n) is 2.15. The molecule has 0 spiro atoms. The summed E-state index contributed by atoms with van der Waals surface area (Å²) in [6.07, 6.45) is 3.39. The van der Waals surface area contributed by atoms with Crippen LogP contribution in [0, 0.1) is 0 Å². The van der Waals surface area contributed by atoms with Crippen LogP contribution in [0.3, 0.4) is 0 Å². The number of benzene rings is 1. The molecule has 1 aromatic carbocycles. The summed E-state index contributed by atoms with van der Waals surface area (Å²) >= 11 is 1.23. The summed E-state index contributed by atoms with van der Waals surface area (Å²) in [7, 11) is 0. The second-order valence-corrected chi connectivity index (χ2v) is 4.18. The first-order valence-corrected chi connectivity index (χ1v) is 5.43. The van der Waals surface area contributed by atoms with Crippen molar-refractivity contribution in [1.29, 1.82) is 0 Å². The molecule has 1 heterocycles. The first-order valence-electron chi connectivity index (χ1n) is 4.61. The summed E-state index contributed by atoms with van der Waals surface area (Å²) in [5.41, 5.74) is 0.265. The summed E-state index contributed by atoms with van der Waals surface area (Å²) in [6.45, 7) is 1.82. The van der Waals surface area contributed by atoms with E-state index in [9.17, 15) is 9.90 Å². The van der Waals surface area contributed by atoms with Crippen molar-refractivity contribution in [1.82, 2.24) is 0 Å². The Morgan fingerprint density at radius 2 is 2.07 bits per heavy atom.